The van der Waals surface area contributed by atoms with Gasteiger partial charge in [-0.25, -0.2) is 12.8 Å². The number of nitro benzene ring substituents is 1. The molecule has 0 amide bonds. The van der Waals surface area contributed by atoms with Crippen molar-refractivity contribution >= 4 is 21.4 Å². The molecule has 0 spiro atoms. The Balaban J connectivity index is 1.78. The van der Waals surface area contributed by atoms with Gasteiger partial charge in [0.05, 0.1) is 11.0 Å². The molecule has 0 N–H and O–H groups in total. The van der Waals surface area contributed by atoms with Crippen LogP contribution in [0.3, 0.4) is 0 Å². The molecule has 1 aliphatic heterocycles. The molecule has 0 unspecified atom stereocenters. The van der Waals surface area contributed by atoms with E-state index in [0.717, 1.165) is 12.1 Å². The lowest BCUT2D eigenvalue weighted by atomic mass is 10.2. The molecule has 0 atom stereocenters. The topological polar surface area (TPSA) is 96.6 Å². The summed E-state index contributed by atoms with van der Waals surface area (Å²) in [6.07, 6.45) is 2.77. The monoisotopic (exact) mass is 366 g/mol. The standard InChI is InChI=1S/C15H15FN4O4S/c16-12-3-4-14(15(10-12)20(21)22)18-6-8-19(9-7-18)25(23,24)13-2-1-5-17-11-13/h1-5,10-11H,6-9H2. The number of nitro groups is 1. The van der Waals surface area contributed by atoms with Crippen LogP contribution >= 0.6 is 0 Å². The summed E-state index contributed by atoms with van der Waals surface area (Å²) in [4.78, 5) is 16.1. The van der Waals surface area contributed by atoms with E-state index in [1.807, 2.05) is 0 Å². The second kappa shape index (κ2) is 6.73. The normalized spacial score (nSPS) is 16.0. The highest BCUT2D eigenvalue weighted by atomic mass is 32.2. The van der Waals surface area contributed by atoms with Crippen LogP contribution in [0.15, 0.2) is 47.6 Å². The van der Waals surface area contributed by atoms with E-state index in [4.69, 9.17) is 0 Å². The highest BCUT2D eigenvalue weighted by molar-refractivity contribution is 7.89. The van der Waals surface area contributed by atoms with Crippen molar-refractivity contribution in [3.8, 4) is 0 Å². The maximum Gasteiger partial charge on any atom is 0.295 e. The van der Waals surface area contributed by atoms with Gasteiger partial charge in [-0.15, -0.1) is 0 Å². The highest BCUT2D eigenvalue weighted by Crippen LogP contribution is 2.30. The molecule has 3 rings (SSSR count). The number of nitrogens with zero attached hydrogens (tertiary/aromatic N) is 4. The first-order chi connectivity index (χ1) is 11.9. The van der Waals surface area contributed by atoms with Crippen LogP contribution < -0.4 is 4.90 Å². The van der Waals surface area contributed by atoms with E-state index in [1.54, 1.807) is 11.0 Å². The van der Waals surface area contributed by atoms with E-state index in [-0.39, 0.29) is 42.4 Å². The lowest BCUT2D eigenvalue weighted by Crippen LogP contribution is -2.48. The predicted molar refractivity (Wildman–Crippen MR) is 88.3 cm³/mol. The number of benzene rings is 1. The minimum atomic E-state index is -3.65. The van der Waals surface area contributed by atoms with Gasteiger partial charge in [0.25, 0.3) is 5.69 Å². The molecule has 0 radical (unpaired) electrons. The Morgan fingerprint density at radius 2 is 1.88 bits per heavy atom. The maximum atomic E-state index is 13.3. The number of hydrogen-bond acceptors (Lipinski definition) is 6. The molecule has 1 saturated heterocycles. The lowest BCUT2D eigenvalue weighted by Gasteiger charge is -2.35. The Hall–Kier alpha value is -2.59. The summed E-state index contributed by atoms with van der Waals surface area (Å²) in [5.41, 5.74) is -0.0478. The van der Waals surface area contributed by atoms with Crippen LogP contribution in [0.4, 0.5) is 15.8 Å². The van der Waals surface area contributed by atoms with Gasteiger partial charge >= 0.3 is 0 Å². The van der Waals surface area contributed by atoms with Gasteiger partial charge in [-0.2, -0.15) is 4.31 Å². The molecule has 1 aromatic heterocycles. The van der Waals surface area contributed by atoms with Crippen molar-refractivity contribution in [1.29, 1.82) is 0 Å². The number of halogens is 1. The summed E-state index contributed by atoms with van der Waals surface area (Å²) in [7, 11) is -3.65. The second-order valence-corrected chi connectivity index (χ2v) is 7.41. The summed E-state index contributed by atoms with van der Waals surface area (Å²) >= 11 is 0. The lowest BCUT2D eigenvalue weighted by molar-refractivity contribution is -0.384. The van der Waals surface area contributed by atoms with Gasteiger partial charge in [0.2, 0.25) is 10.0 Å². The van der Waals surface area contributed by atoms with E-state index in [9.17, 15) is 22.9 Å². The Morgan fingerprint density at radius 3 is 2.48 bits per heavy atom. The SMILES string of the molecule is O=[N+]([O-])c1cc(F)ccc1N1CCN(S(=O)(=O)c2cccnc2)CC1. The first kappa shape index (κ1) is 17.2. The van der Waals surface area contributed by atoms with Crippen molar-refractivity contribution in [3.05, 3.63) is 58.7 Å². The van der Waals surface area contributed by atoms with Crippen LogP contribution in [0.5, 0.6) is 0 Å². The molecule has 25 heavy (non-hydrogen) atoms. The van der Waals surface area contributed by atoms with Gasteiger partial charge in [0.1, 0.15) is 16.4 Å². The van der Waals surface area contributed by atoms with Gasteiger partial charge in [-0.3, -0.25) is 15.1 Å². The van der Waals surface area contributed by atoms with Crippen LogP contribution in [-0.2, 0) is 10.0 Å². The molecule has 1 fully saturated rings. The van der Waals surface area contributed by atoms with Gasteiger partial charge in [0, 0.05) is 38.6 Å². The summed E-state index contributed by atoms with van der Waals surface area (Å²) in [5.74, 6) is -0.687. The van der Waals surface area contributed by atoms with E-state index in [2.05, 4.69) is 4.98 Å². The zero-order chi connectivity index (χ0) is 18.0. The molecule has 2 aromatic rings. The summed E-state index contributed by atoms with van der Waals surface area (Å²) in [6.45, 7) is 0.884. The molecule has 0 aliphatic carbocycles. The molecule has 0 saturated carbocycles. The van der Waals surface area contributed by atoms with Crippen molar-refractivity contribution in [2.24, 2.45) is 0 Å². The molecule has 0 bridgehead atoms. The molecular weight excluding hydrogens is 351 g/mol. The third-order valence-corrected chi connectivity index (χ3v) is 5.87. The van der Waals surface area contributed by atoms with E-state index >= 15 is 0 Å². The number of sulfonamides is 1. The third-order valence-electron chi connectivity index (χ3n) is 3.99. The van der Waals surface area contributed by atoms with Crippen LogP contribution in [0, 0.1) is 15.9 Å². The van der Waals surface area contributed by atoms with Crippen LogP contribution in [0.25, 0.3) is 0 Å². The fraction of sp³-hybridized carbons (Fsp3) is 0.267. The number of anilines is 1. The zero-order valence-corrected chi connectivity index (χ0v) is 13.9. The van der Waals surface area contributed by atoms with Crippen LogP contribution in [0.1, 0.15) is 0 Å². The number of pyridine rings is 1. The molecule has 1 aromatic carbocycles. The summed E-state index contributed by atoms with van der Waals surface area (Å²) in [5, 5.41) is 11.1. The molecule has 132 valence electrons. The van der Waals surface area contributed by atoms with Gasteiger partial charge in [-0.1, -0.05) is 0 Å². The largest absolute Gasteiger partial charge is 0.363 e. The third kappa shape index (κ3) is 3.44. The average molecular weight is 366 g/mol. The van der Waals surface area contributed by atoms with Gasteiger partial charge < -0.3 is 4.90 Å². The van der Waals surface area contributed by atoms with Crippen molar-refractivity contribution in [2.75, 3.05) is 31.1 Å². The van der Waals surface area contributed by atoms with Crippen molar-refractivity contribution in [1.82, 2.24) is 9.29 Å². The zero-order valence-electron chi connectivity index (χ0n) is 13.1. The van der Waals surface area contributed by atoms with Gasteiger partial charge in [0.15, 0.2) is 0 Å². The van der Waals surface area contributed by atoms with Crippen LogP contribution in [-0.4, -0.2) is 48.8 Å². The minimum absolute atomic E-state index is 0.108. The van der Waals surface area contributed by atoms with Gasteiger partial charge in [-0.05, 0) is 24.3 Å². The van der Waals surface area contributed by atoms with E-state index in [0.29, 0.717) is 0 Å². The van der Waals surface area contributed by atoms with E-state index < -0.39 is 20.8 Å². The molecule has 1 aliphatic rings. The molecule has 8 nitrogen and oxygen atoms in total. The minimum Gasteiger partial charge on any atom is -0.363 e. The fourth-order valence-electron chi connectivity index (χ4n) is 2.73. The first-order valence-corrected chi connectivity index (χ1v) is 8.92. The van der Waals surface area contributed by atoms with Crippen molar-refractivity contribution < 1.29 is 17.7 Å². The fourth-order valence-corrected chi connectivity index (χ4v) is 4.12. The number of piperazine rings is 1. The van der Waals surface area contributed by atoms with Crippen molar-refractivity contribution in [2.45, 2.75) is 4.90 Å². The molecular formula is C15H15FN4O4S. The Bertz CT molecular complexity index is 884. The number of rotatable bonds is 4. The smallest absolute Gasteiger partial charge is 0.295 e. The predicted octanol–water partition coefficient (Wildman–Crippen LogP) is 1.64. The van der Waals surface area contributed by atoms with Crippen molar-refractivity contribution in [3.63, 3.8) is 0 Å². The number of aromatic nitrogens is 1. The molecule has 2 heterocycles. The summed E-state index contributed by atoms with van der Waals surface area (Å²) < 4.78 is 39.7. The second-order valence-electron chi connectivity index (χ2n) is 5.47. The number of hydrogen-bond donors (Lipinski definition) is 0. The summed E-state index contributed by atoms with van der Waals surface area (Å²) in [6, 6.07) is 6.39. The Kier molecular flexibility index (Phi) is 4.64. The highest BCUT2D eigenvalue weighted by Gasteiger charge is 2.30. The molecule has 10 heteroatoms. The quantitative estimate of drug-likeness (QED) is 0.603. The first-order valence-electron chi connectivity index (χ1n) is 7.48. The average Bonchev–Trinajstić information content (AvgIpc) is 2.62. The van der Waals surface area contributed by atoms with E-state index in [1.165, 1.54) is 28.8 Å². The Morgan fingerprint density at radius 1 is 1.16 bits per heavy atom. The maximum absolute atomic E-state index is 13.3. The van der Waals surface area contributed by atoms with Crippen LogP contribution in [0.2, 0.25) is 0 Å². The Labute approximate surface area is 143 Å².